The van der Waals surface area contributed by atoms with Crippen molar-refractivity contribution in [1.82, 2.24) is 5.32 Å². The van der Waals surface area contributed by atoms with Gasteiger partial charge in [-0.05, 0) is 43.2 Å². The van der Waals surface area contributed by atoms with Crippen LogP contribution in [0, 0.1) is 10.1 Å². The van der Waals surface area contributed by atoms with E-state index in [1.54, 1.807) is 7.11 Å². The second-order valence-corrected chi connectivity index (χ2v) is 7.11. The molecule has 1 N–H and O–H groups in total. The number of furan rings is 1. The van der Waals surface area contributed by atoms with Crippen molar-refractivity contribution in [1.29, 1.82) is 0 Å². The highest BCUT2D eigenvalue weighted by atomic mass is 16.6. The molecule has 0 aliphatic carbocycles. The molecule has 1 aromatic heterocycles. The van der Waals surface area contributed by atoms with Crippen molar-refractivity contribution in [3.05, 3.63) is 87.7 Å². The Kier molecular flexibility index (Phi) is 6.06. The molecule has 3 rings (SSSR count). The quantitative estimate of drug-likeness (QED) is 0.435. The fourth-order valence-corrected chi connectivity index (χ4v) is 2.88. The van der Waals surface area contributed by atoms with E-state index < -0.39 is 22.3 Å². The molecule has 0 bridgehead atoms. The number of ether oxygens (including phenoxy) is 2. The van der Waals surface area contributed by atoms with E-state index in [1.807, 2.05) is 62.4 Å². The van der Waals surface area contributed by atoms with Crippen LogP contribution in [0.5, 0.6) is 11.5 Å². The first-order valence-electron chi connectivity index (χ1n) is 9.22. The summed E-state index contributed by atoms with van der Waals surface area (Å²) in [5.41, 5.74) is 1.09. The lowest BCUT2D eigenvalue weighted by molar-refractivity contribution is -0.402. The maximum Gasteiger partial charge on any atom is 0.433 e. The van der Waals surface area contributed by atoms with Crippen molar-refractivity contribution in [2.24, 2.45) is 0 Å². The predicted octanol–water partition coefficient (Wildman–Crippen LogP) is 4.44. The van der Waals surface area contributed by atoms with Crippen LogP contribution < -0.4 is 14.8 Å². The highest BCUT2D eigenvalue weighted by Gasteiger charge is 2.26. The minimum absolute atomic E-state index is 0.114. The number of carbonyl (C=O) groups is 1. The fourth-order valence-electron chi connectivity index (χ4n) is 2.88. The molecule has 156 valence electrons. The smallest absolute Gasteiger partial charge is 0.433 e. The number of hydrogen-bond donors (Lipinski definition) is 1. The van der Waals surface area contributed by atoms with E-state index in [2.05, 4.69) is 5.32 Å². The summed E-state index contributed by atoms with van der Waals surface area (Å²) in [5.74, 6) is 0.200. The Bertz CT molecular complexity index is 1040. The molecule has 0 saturated carbocycles. The highest BCUT2D eigenvalue weighted by molar-refractivity contribution is 5.92. The van der Waals surface area contributed by atoms with Gasteiger partial charge in [0.05, 0.1) is 18.7 Å². The molecule has 0 radical (unpaired) electrons. The summed E-state index contributed by atoms with van der Waals surface area (Å²) in [6.45, 7) is 4.04. The summed E-state index contributed by atoms with van der Waals surface area (Å²) in [6.07, 6.45) is 0. The first kappa shape index (κ1) is 20.9. The van der Waals surface area contributed by atoms with Crippen molar-refractivity contribution in [3.63, 3.8) is 0 Å². The number of hydrogen-bond acceptors (Lipinski definition) is 6. The van der Waals surface area contributed by atoms with Crippen molar-refractivity contribution in [2.75, 3.05) is 7.11 Å². The monoisotopic (exact) mass is 410 g/mol. The van der Waals surface area contributed by atoms with Crippen LogP contribution in [0.25, 0.3) is 0 Å². The van der Waals surface area contributed by atoms with E-state index in [0.29, 0.717) is 18.1 Å². The van der Waals surface area contributed by atoms with Crippen LogP contribution in [0.3, 0.4) is 0 Å². The van der Waals surface area contributed by atoms with E-state index in [-0.39, 0.29) is 5.76 Å². The van der Waals surface area contributed by atoms with Crippen LogP contribution in [-0.2, 0) is 12.1 Å². The Morgan fingerprint density at radius 3 is 2.33 bits per heavy atom. The van der Waals surface area contributed by atoms with E-state index >= 15 is 0 Å². The topological polar surface area (TPSA) is 104 Å². The number of nitrogens with one attached hydrogen (secondary N) is 1. The predicted molar refractivity (Wildman–Crippen MR) is 110 cm³/mol. The number of para-hydroxylation sites is 2. The van der Waals surface area contributed by atoms with Crippen LogP contribution in [0.2, 0.25) is 0 Å². The van der Waals surface area contributed by atoms with Gasteiger partial charge in [-0.25, -0.2) is 0 Å². The van der Waals surface area contributed by atoms with Gasteiger partial charge in [0.1, 0.15) is 11.5 Å². The molecule has 0 aliphatic rings. The molecule has 0 atom stereocenters. The van der Waals surface area contributed by atoms with Gasteiger partial charge in [0.25, 0.3) is 5.91 Å². The largest absolute Gasteiger partial charge is 0.493 e. The number of methoxy groups -OCH3 is 1. The third kappa shape index (κ3) is 4.78. The molecule has 0 spiro atoms. The molecule has 3 aromatic rings. The third-order valence-electron chi connectivity index (χ3n) is 4.56. The molecule has 30 heavy (non-hydrogen) atoms. The number of nitro groups is 1. The van der Waals surface area contributed by atoms with Gasteiger partial charge >= 0.3 is 5.88 Å². The van der Waals surface area contributed by atoms with E-state index in [4.69, 9.17) is 13.9 Å². The Hall–Kier alpha value is -3.81. The minimum atomic E-state index is -0.722. The maximum absolute atomic E-state index is 12.4. The summed E-state index contributed by atoms with van der Waals surface area (Å²) in [6, 6.07) is 17.5. The van der Waals surface area contributed by atoms with Gasteiger partial charge < -0.3 is 19.2 Å². The Morgan fingerprint density at radius 1 is 1.07 bits per heavy atom. The molecular formula is C22H22N2O6. The Balaban J connectivity index is 1.65. The number of benzene rings is 2. The average Bonchev–Trinajstić information content (AvgIpc) is 3.23. The Morgan fingerprint density at radius 2 is 1.73 bits per heavy atom. The maximum atomic E-state index is 12.4. The van der Waals surface area contributed by atoms with Gasteiger partial charge in [-0.3, -0.25) is 14.9 Å². The Labute approximate surface area is 173 Å². The summed E-state index contributed by atoms with van der Waals surface area (Å²) in [5, 5.41) is 13.5. The first-order chi connectivity index (χ1) is 14.3. The molecule has 8 heteroatoms. The minimum Gasteiger partial charge on any atom is -0.493 e. The summed E-state index contributed by atoms with van der Waals surface area (Å²) >= 11 is 0. The lowest BCUT2D eigenvalue weighted by Crippen LogP contribution is -2.40. The normalized spacial score (nSPS) is 11.0. The van der Waals surface area contributed by atoms with Crippen molar-refractivity contribution < 1.29 is 23.6 Å². The second kappa shape index (κ2) is 8.69. The molecule has 1 amide bonds. The molecule has 1 heterocycles. The van der Waals surface area contributed by atoms with Gasteiger partial charge in [0.2, 0.25) is 0 Å². The lowest BCUT2D eigenvalue weighted by atomic mass is 9.93. The van der Waals surface area contributed by atoms with Crippen molar-refractivity contribution in [2.45, 2.75) is 26.0 Å². The molecule has 0 unspecified atom stereocenters. The van der Waals surface area contributed by atoms with Crippen LogP contribution in [0.1, 0.15) is 35.5 Å². The number of amides is 1. The lowest BCUT2D eigenvalue weighted by Gasteiger charge is -2.26. The zero-order valence-electron chi connectivity index (χ0n) is 16.9. The molecular weight excluding hydrogens is 388 g/mol. The van der Waals surface area contributed by atoms with Crippen molar-refractivity contribution in [3.8, 4) is 11.5 Å². The average molecular weight is 410 g/mol. The van der Waals surface area contributed by atoms with Gasteiger partial charge in [-0.15, -0.1) is 0 Å². The fraction of sp³-hybridized carbons (Fsp3) is 0.227. The van der Waals surface area contributed by atoms with Crippen LogP contribution in [0.15, 0.2) is 65.1 Å². The van der Waals surface area contributed by atoms with E-state index in [9.17, 15) is 14.9 Å². The SMILES string of the molecule is COc1ccccc1OCc1ccc(C(C)(C)NC(=O)c2ccc([N+](=O)[O-])o2)cc1. The second-order valence-electron chi connectivity index (χ2n) is 7.11. The molecule has 0 aliphatic heterocycles. The van der Waals surface area contributed by atoms with Crippen LogP contribution in [-0.4, -0.2) is 17.9 Å². The summed E-state index contributed by atoms with van der Waals surface area (Å²) in [4.78, 5) is 22.4. The van der Waals surface area contributed by atoms with Crippen LogP contribution in [0.4, 0.5) is 5.88 Å². The molecule has 2 aromatic carbocycles. The molecule has 8 nitrogen and oxygen atoms in total. The van der Waals surface area contributed by atoms with Crippen molar-refractivity contribution >= 4 is 11.8 Å². The zero-order chi connectivity index (χ0) is 21.7. The zero-order valence-corrected chi connectivity index (χ0v) is 16.9. The van der Waals surface area contributed by atoms with Gasteiger partial charge in [0.15, 0.2) is 17.3 Å². The third-order valence-corrected chi connectivity index (χ3v) is 4.56. The first-order valence-corrected chi connectivity index (χ1v) is 9.22. The highest BCUT2D eigenvalue weighted by Crippen LogP contribution is 2.27. The molecule has 0 saturated heterocycles. The van der Waals surface area contributed by atoms with Gasteiger partial charge in [-0.2, -0.15) is 0 Å². The van der Waals surface area contributed by atoms with Gasteiger partial charge in [0, 0.05) is 0 Å². The number of nitrogens with zero attached hydrogens (tertiary/aromatic N) is 1. The summed E-state index contributed by atoms with van der Waals surface area (Å²) in [7, 11) is 1.59. The number of carbonyl (C=O) groups excluding carboxylic acids is 1. The molecule has 0 fully saturated rings. The standard InChI is InChI=1S/C22H22N2O6/c1-22(2,23-21(25)19-12-13-20(30-19)24(26)27)16-10-8-15(9-11-16)14-29-18-7-5-4-6-17(18)28-3/h4-13H,14H2,1-3H3,(H,23,25). The van der Waals surface area contributed by atoms with Gasteiger partial charge in [-0.1, -0.05) is 36.4 Å². The summed E-state index contributed by atoms with van der Waals surface area (Å²) < 4.78 is 16.1. The van der Waals surface area contributed by atoms with Crippen LogP contribution >= 0.6 is 0 Å². The van der Waals surface area contributed by atoms with E-state index in [0.717, 1.165) is 17.2 Å². The van der Waals surface area contributed by atoms with E-state index in [1.165, 1.54) is 6.07 Å². The number of rotatable bonds is 8.